The zero-order valence-electron chi connectivity index (χ0n) is 16.7. The fourth-order valence-corrected chi connectivity index (χ4v) is 3.60. The van der Waals surface area contributed by atoms with Gasteiger partial charge >= 0.3 is 5.97 Å². The van der Waals surface area contributed by atoms with Gasteiger partial charge < -0.3 is 14.7 Å². The van der Waals surface area contributed by atoms with Gasteiger partial charge in [0, 0.05) is 12.1 Å². The lowest BCUT2D eigenvalue weighted by Gasteiger charge is -2.36. The van der Waals surface area contributed by atoms with Crippen LogP contribution in [-0.2, 0) is 19.2 Å². The molecule has 3 atom stereocenters. The first kappa shape index (κ1) is 21.2. The molecular formula is C20H30N2O5. The zero-order chi connectivity index (χ0) is 20.1. The van der Waals surface area contributed by atoms with Crippen molar-refractivity contribution in [1.82, 2.24) is 4.90 Å². The summed E-state index contributed by atoms with van der Waals surface area (Å²) >= 11 is 0. The molecule has 1 fully saturated rings. The Morgan fingerprint density at radius 3 is 2.26 bits per heavy atom. The largest absolute Gasteiger partial charge is 0.466 e. The maximum atomic E-state index is 13.5. The lowest BCUT2D eigenvalue weighted by molar-refractivity contribution is -0.154. The molecule has 0 aromatic heterocycles. The maximum absolute atomic E-state index is 13.5. The van der Waals surface area contributed by atoms with Gasteiger partial charge in [-0.25, -0.2) is 5.06 Å². The number of rotatable bonds is 7. The van der Waals surface area contributed by atoms with Gasteiger partial charge in [0.05, 0.1) is 18.9 Å². The van der Waals surface area contributed by atoms with E-state index in [1.807, 2.05) is 45.9 Å². The van der Waals surface area contributed by atoms with E-state index >= 15 is 0 Å². The summed E-state index contributed by atoms with van der Waals surface area (Å²) < 4.78 is 5.20. The van der Waals surface area contributed by atoms with Gasteiger partial charge in [-0.05, 0) is 46.8 Å². The first-order valence-electron chi connectivity index (χ1n) is 9.44. The second-order valence-corrected chi connectivity index (χ2v) is 7.14. The third-order valence-corrected chi connectivity index (χ3v) is 4.61. The molecule has 0 aliphatic carbocycles. The molecule has 1 saturated heterocycles. The number of carbonyl (C=O) groups is 2. The highest BCUT2D eigenvalue weighted by molar-refractivity contribution is 5.92. The van der Waals surface area contributed by atoms with Crippen molar-refractivity contribution in [3.63, 3.8) is 0 Å². The van der Waals surface area contributed by atoms with E-state index in [-0.39, 0.29) is 31.2 Å². The van der Waals surface area contributed by atoms with E-state index < -0.39 is 24.0 Å². The second kappa shape index (κ2) is 9.19. The van der Waals surface area contributed by atoms with E-state index in [1.165, 1.54) is 5.06 Å². The predicted octanol–water partition coefficient (Wildman–Crippen LogP) is 1.99. The summed E-state index contributed by atoms with van der Waals surface area (Å²) in [6.45, 7) is 9.25. The highest BCUT2D eigenvalue weighted by atomic mass is 16.7. The Balaban J connectivity index is 2.50. The highest BCUT2D eigenvalue weighted by Crippen LogP contribution is 2.35. The molecule has 1 amide bonds. The molecule has 0 radical (unpaired) electrons. The third-order valence-electron chi connectivity index (χ3n) is 4.61. The minimum Gasteiger partial charge on any atom is -0.466 e. The molecule has 27 heavy (non-hydrogen) atoms. The number of carbonyl (C=O) groups excluding carboxylic acids is 2. The summed E-state index contributed by atoms with van der Waals surface area (Å²) in [7, 11) is 0. The fourth-order valence-electron chi connectivity index (χ4n) is 3.60. The minimum absolute atomic E-state index is 0.0499. The molecule has 7 nitrogen and oxygen atoms in total. The summed E-state index contributed by atoms with van der Waals surface area (Å²) in [6.07, 6.45) is -0.848. The number of anilines is 1. The normalized spacial score (nSPS) is 22.4. The number of esters is 1. The Labute approximate surface area is 160 Å². The van der Waals surface area contributed by atoms with Crippen molar-refractivity contribution in [1.29, 1.82) is 0 Å². The predicted molar refractivity (Wildman–Crippen MR) is 102 cm³/mol. The topological polar surface area (TPSA) is 79.3 Å². The van der Waals surface area contributed by atoms with Crippen molar-refractivity contribution in [2.45, 2.75) is 58.8 Å². The number of hydrogen-bond acceptors (Lipinski definition) is 6. The molecule has 1 heterocycles. The molecule has 0 bridgehead atoms. The molecule has 1 N–H and O–H groups in total. The molecule has 150 valence electrons. The van der Waals surface area contributed by atoms with Gasteiger partial charge in [-0.2, -0.15) is 0 Å². The standard InChI is InChI=1S/C20H30N2O5/c1-6-26-20(25)17-16(12-23)27-22(15-10-8-7-9-11-15)18(17)19(24)21(13(2)3)14(4)5/h7-11,13-14,16-18,23H,6,12H2,1-5H3/t16-,17-,18-/m0/s1. The van der Waals surface area contributed by atoms with Gasteiger partial charge in [-0.1, -0.05) is 18.2 Å². The number of aliphatic hydroxyl groups excluding tert-OH is 1. The third kappa shape index (κ3) is 4.42. The Morgan fingerprint density at radius 1 is 1.19 bits per heavy atom. The van der Waals surface area contributed by atoms with Gasteiger partial charge in [-0.15, -0.1) is 0 Å². The van der Waals surface area contributed by atoms with E-state index in [0.717, 1.165) is 0 Å². The van der Waals surface area contributed by atoms with Crippen LogP contribution in [0.1, 0.15) is 34.6 Å². The summed E-state index contributed by atoms with van der Waals surface area (Å²) in [6, 6.07) is 8.11. The van der Waals surface area contributed by atoms with Crippen LogP contribution in [0.2, 0.25) is 0 Å². The Morgan fingerprint density at radius 2 is 1.78 bits per heavy atom. The van der Waals surface area contributed by atoms with Crippen molar-refractivity contribution in [2.24, 2.45) is 5.92 Å². The Kier molecular flexibility index (Phi) is 7.21. The number of benzene rings is 1. The van der Waals surface area contributed by atoms with Crippen molar-refractivity contribution in [2.75, 3.05) is 18.3 Å². The molecule has 1 aliphatic heterocycles. The fraction of sp³-hybridized carbons (Fsp3) is 0.600. The Hall–Kier alpha value is -2.12. The van der Waals surface area contributed by atoms with Crippen LogP contribution in [0.3, 0.4) is 0 Å². The molecule has 0 unspecified atom stereocenters. The summed E-state index contributed by atoms with van der Waals surface area (Å²) in [5.74, 6) is -1.68. The van der Waals surface area contributed by atoms with Crippen LogP contribution in [0.15, 0.2) is 30.3 Å². The monoisotopic (exact) mass is 378 g/mol. The Bertz CT molecular complexity index is 627. The molecular weight excluding hydrogens is 348 g/mol. The summed E-state index contributed by atoms with van der Waals surface area (Å²) in [4.78, 5) is 33.8. The summed E-state index contributed by atoms with van der Waals surface area (Å²) in [5, 5.41) is 11.2. The van der Waals surface area contributed by atoms with Gasteiger partial charge in [0.2, 0.25) is 5.91 Å². The van der Waals surface area contributed by atoms with Crippen LogP contribution in [0.4, 0.5) is 5.69 Å². The number of ether oxygens (including phenoxy) is 1. The van der Waals surface area contributed by atoms with Crippen molar-refractivity contribution in [3.05, 3.63) is 30.3 Å². The lowest BCUT2D eigenvalue weighted by Crippen LogP contribution is -2.54. The van der Waals surface area contributed by atoms with E-state index in [0.29, 0.717) is 5.69 Å². The average molecular weight is 378 g/mol. The smallest absolute Gasteiger partial charge is 0.314 e. The van der Waals surface area contributed by atoms with E-state index in [9.17, 15) is 14.7 Å². The number of hydroxylamine groups is 1. The molecule has 1 aromatic carbocycles. The summed E-state index contributed by atoms with van der Waals surface area (Å²) in [5.41, 5.74) is 0.647. The number of aliphatic hydroxyl groups is 1. The number of amides is 1. The lowest BCUT2D eigenvalue weighted by atomic mass is 9.93. The molecule has 2 rings (SSSR count). The molecule has 1 aromatic rings. The minimum atomic E-state index is -0.914. The van der Waals surface area contributed by atoms with Crippen molar-refractivity contribution < 1.29 is 24.3 Å². The molecule has 1 aliphatic rings. The van der Waals surface area contributed by atoms with Crippen LogP contribution in [-0.4, -0.2) is 59.3 Å². The van der Waals surface area contributed by atoms with Crippen molar-refractivity contribution >= 4 is 17.6 Å². The highest BCUT2D eigenvalue weighted by Gasteiger charge is 2.53. The molecule has 7 heteroatoms. The number of nitrogens with zero attached hydrogens (tertiary/aromatic N) is 2. The second-order valence-electron chi connectivity index (χ2n) is 7.14. The van der Waals surface area contributed by atoms with Gasteiger partial charge in [0.15, 0.2) is 6.04 Å². The van der Waals surface area contributed by atoms with E-state index in [4.69, 9.17) is 9.57 Å². The zero-order valence-corrected chi connectivity index (χ0v) is 16.7. The number of hydrogen-bond donors (Lipinski definition) is 1. The average Bonchev–Trinajstić information content (AvgIpc) is 3.01. The van der Waals surface area contributed by atoms with Gasteiger partial charge in [0.1, 0.15) is 12.0 Å². The number of para-hydroxylation sites is 1. The van der Waals surface area contributed by atoms with Crippen LogP contribution in [0.25, 0.3) is 0 Å². The quantitative estimate of drug-likeness (QED) is 0.731. The van der Waals surface area contributed by atoms with Crippen LogP contribution in [0.5, 0.6) is 0 Å². The van der Waals surface area contributed by atoms with E-state index in [1.54, 1.807) is 24.0 Å². The van der Waals surface area contributed by atoms with E-state index in [2.05, 4.69) is 0 Å². The van der Waals surface area contributed by atoms with Gasteiger partial charge in [-0.3, -0.25) is 14.4 Å². The maximum Gasteiger partial charge on any atom is 0.314 e. The SMILES string of the molecule is CCOC(=O)[C@H]1[C@H](CO)ON(c2ccccc2)[C@@H]1C(=O)N(C(C)C)C(C)C. The van der Waals surface area contributed by atoms with Crippen LogP contribution < -0.4 is 5.06 Å². The van der Waals surface area contributed by atoms with Crippen LogP contribution >= 0.6 is 0 Å². The first-order valence-corrected chi connectivity index (χ1v) is 9.44. The molecule has 0 spiro atoms. The first-order chi connectivity index (χ1) is 12.8. The molecule has 0 saturated carbocycles. The van der Waals surface area contributed by atoms with Gasteiger partial charge in [0.25, 0.3) is 0 Å². The van der Waals surface area contributed by atoms with Crippen molar-refractivity contribution in [3.8, 4) is 0 Å². The van der Waals surface area contributed by atoms with Crippen LogP contribution in [0, 0.1) is 5.92 Å².